The molecule has 0 spiro atoms. The predicted molar refractivity (Wildman–Crippen MR) is 127 cm³/mol. The molecule has 206 valence electrons. The van der Waals surface area contributed by atoms with E-state index in [0.717, 1.165) is 0 Å². The Morgan fingerprint density at radius 3 is 2.08 bits per heavy atom. The maximum atomic E-state index is 13.0. The van der Waals surface area contributed by atoms with Crippen LogP contribution in [0.3, 0.4) is 0 Å². The number of amides is 4. The van der Waals surface area contributed by atoms with Crippen molar-refractivity contribution in [2.75, 3.05) is 6.54 Å². The molecule has 4 amide bonds. The van der Waals surface area contributed by atoms with Gasteiger partial charge in [0, 0.05) is 24.7 Å². The number of carboxylic acid groups (broad SMARTS) is 2. The number of H-pyrrole nitrogens is 1. The predicted octanol–water partition coefficient (Wildman–Crippen LogP) is -3.31. The maximum Gasteiger partial charge on any atom is 0.326 e. The van der Waals surface area contributed by atoms with Gasteiger partial charge in [-0.25, -0.2) is 9.78 Å². The number of aliphatic carboxylic acids is 2. The van der Waals surface area contributed by atoms with Crippen molar-refractivity contribution in [2.45, 2.75) is 69.1 Å². The third kappa shape index (κ3) is 12.0. The topological polar surface area (TPSA) is 286 Å². The standard InChI is InChI=1S/C21H34N8O8/c22-6-2-1-3-13(27-18(33)12(23)4-5-16(24)30)19(34)28-14(8-17(31)32)20(35)29-15(21(36)37)7-11-9-25-10-26-11/h9-10,12-15H,1-8,22-23H2,(H2,24,30)(H,25,26)(H,27,33)(H,28,34)(H,29,35)(H,31,32)(H,36,37). The van der Waals surface area contributed by atoms with E-state index in [1.807, 2.05) is 0 Å². The first-order valence-electron chi connectivity index (χ1n) is 11.5. The van der Waals surface area contributed by atoms with Crippen molar-refractivity contribution in [3.8, 4) is 0 Å². The van der Waals surface area contributed by atoms with Crippen LogP contribution in [0.25, 0.3) is 0 Å². The first kappa shape index (κ1) is 31.0. The van der Waals surface area contributed by atoms with E-state index < -0.39 is 66.2 Å². The number of unbranched alkanes of at least 4 members (excludes halogenated alkanes) is 1. The highest BCUT2D eigenvalue weighted by molar-refractivity contribution is 5.95. The van der Waals surface area contributed by atoms with Crippen LogP contribution in [0.5, 0.6) is 0 Å². The van der Waals surface area contributed by atoms with Crippen molar-refractivity contribution in [3.63, 3.8) is 0 Å². The van der Waals surface area contributed by atoms with Crippen molar-refractivity contribution in [1.29, 1.82) is 0 Å². The van der Waals surface area contributed by atoms with Crippen LogP contribution < -0.4 is 33.2 Å². The summed E-state index contributed by atoms with van der Waals surface area (Å²) in [6, 6.07) is -5.44. The molecule has 0 radical (unpaired) electrons. The molecule has 1 rings (SSSR count). The van der Waals surface area contributed by atoms with Crippen molar-refractivity contribution in [2.24, 2.45) is 17.2 Å². The molecule has 0 saturated carbocycles. The number of imidazole rings is 1. The minimum atomic E-state index is -1.65. The van der Waals surface area contributed by atoms with Crippen LogP contribution >= 0.6 is 0 Å². The molecule has 0 bridgehead atoms. The van der Waals surface area contributed by atoms with Gasteiger partial charge in [-0.05, 0) is 32.2 Å². The summed E-state index contributed by atoms with van der Waals surface area (Å²) in [6.45, 7) is 0.317. The van der Waals surface area contributed by atoms with Crippen molar-refractivity contribution in [1.82, 2.24) is 25.9 Å². The Labute approximate surface area is 212 Å². The Hall–Kier alpha value is -4.05. The van der Waals surface area contributed by atoms with E-state index in [9.17, 15) is 39.0 Å². The summed E-state index contributed by atoms with van der Waals surface area (Å²) < 4.78 is 0. The Bertz CT molecular complexity index is 939. The SMILES string of the molecule is NCCCCC(NC(=O)C(N)CCC(N)=O)C(=O)NC(CC(=O)O)C(=O)NC(Cc1cnc[nH]1)C(=O)O. The molecular weight excluding hydrogens is 492 g/mol. The summed E-state index contributed by atoms with van der Waals surface area (Å²) in [5.41, 5.74) is 16.7. The number of hydrogen-bond donors (Lipinski definition) is 9. The molecule has 1 heterocycles. The van der Waals surface area contributed by atoms with Crippen molar-refractivity contribution < 1.29 is 39.0 Å². The van der Waals surface area contributed by atoms with E-state index >= 15 is 0 Å². The Balaban J connectivity index is 2.97. The normalized spacial score (nSPS) is 14.0. The molecule has 1 aromatic rings. The second kappa shape index (κ2) is 15.8. The number of rotatable bonds is 18. The zero-order valence-electron chi connectivity index (χ0n) is 20.1. The van der Waals surface area contributed by atoms with Gasteiger partial charge in [0.1, 0.15) is 18.1 Å². The number of primary amides is 1. The van der Waals surface area contributed by atoms with E-state index in [-0.39, 0.29) is 25.7 Å². The summed E-state index contributed by atoms with van der Waals surface area (Å²) in [5.74, 6) is -6.16. The van der Waals surface area contributed by atoms with Crippen LogP contribution in [0.1, 0.15) is 44.2 Å². The highest BCUT2D eigenvalue weighted by atomic mass is 16.4. The molecule has 16 nitrogen and oxygen atoms in total. The minimum Gasteiger partial charge on any atom is -0.481 e. The van der Waals surface area contributed by atoms with Crippen LogP contribution in [0.2, 0.25) is 0 Å². The highest BCUT2D eigenvalue weighted by Gasteiger charge is 2.31. The molecule has 0 aliphatic rings. The lowest BCUT2D eigenvalue weighted by Gasteiger charge is -2.24. The fourth-order valence-electron chi connectivity index (χ4n) is 3.21. The average Bonchev–Trinajstić information content (AvgIpc) is 3.33. The number of aromatic amines is 1. The van der Waals surface area contributed by atoms with Gasteiger partial charge in [-0.1, -0.05) is 0 Å². The highest BCUT2D eigenvalue weighted by Crippen LogP contribution is 2.06. The number of carbonyl (C=O) groups excluding carboxylic acids is 4. The third-order valence-corrected chi connectivity index (χ3v) is 5.22. The molecule has 16 heteroatoms. The fourth-order valence-corrected chi connectivity index (χ4v) is 3.21. The molecule has 4 atom stereocenters. The molecule has 4 unspecified atom stereocenters. The lowest BCUT2D eigenvalue weighted by Crippen LogP contribution is -2.57. The van der Waals surface area contributed by atoms with Gasteiger partial charge in [0.25, 0.3) is 0 Å². The van der Waals surface area contributed by atoms with Gasteiger partial charge in [0.15, 0.2) is 0 Å². The quantitative estimate of drug-likeness (QED) is 0.0853. The molecule has 12 N–H and O–H groups in total. The second-order valence-electron chi connectivity index (χ2n) is 8.30. The number of carboxylic acids is 2. The first-order valence-corrected chi connectivity index (χ1v) is 11.5. The van der Waals surface area contributed by atoms with E-state index in [1.54, 1.807) is 0 Å². The van der Waals surface area contributed by atoms with E-state index in [1.165, 1.54) is 12.5 Å². The van der Waals surface area contributed by atoms with Gasteiger partial charge in [0.05, 0.1) is 18.8 Å². The smallest absolute Gasteiger partial charge is 0.326 e. The van der Waals surface area contributed by atoms with Gasteiger partial charge in [0.2, 0.25) is 23.6 Å². The summed E-state index contributed by atoms with van der Waals surface area (Å²) in [6.07, 6.45) is 2.47. The molecule has 0 fully saturated rings. The monoisotopic (exact) mass is 526 g/mol. The summed E-state index contributed by atoms with van der Waals surface area (Å²) in [4.78, 5) is 78.5. The average molecular weight is 527 g/mol. The molecule has 0 saturated heterocycles. The van der Waals surface area contributed by atoms with Crippen LogP contribution in [0.4, 0.5) is 0 Å². The molecule has 0 aliphatic heterocycles. The third-order valence-electron chi connectivity index (χ3n) is 5.22. The summed E-state index contributed by atoms with van der Waals surface area (Å²) in [7, 11) is 0. The Morgan fingerprint density at radius 1 is 0.919 bits per heavy atom. The van der Waals surface area contributed by atoms with Crippen LogP contribution in [-0.4, -0.2) is 86.5 Å². The number of carbonyl (C=O) groups is 6. The van der Waals surface area contributed by atoms with Gasteiger partial charge in [-0.3, -0.25) is 24.0 Å². The fraction of sp³-hybridized carbons (Fsp3) is 0.571. The number of nitrogens with two attached hydrogens (primary N) is 3. The van der Waals surface area contributed by atoms with E-state index in [4.69, 9.17) is 17.2 Å². The molecular formula is C21H34N8O8. The maximum absolute atomic E-state index is 13.0. The molecule has 37 heavy (non-hydrogen) atoms. The van der Waals surface area contributed by atoms with Gasteiger partial charge < -0.3 is 48.3 Å². The van der Waals surface area contributed by atoms with Crippen LogP contribution in [0.15, 0.2) is 12.5 Å². The van der Waals surface area contributed by atoms with Gasteiger partial charge >= 0.3 is 11.9 Å². The zero-order chi connectivity index (χ0) is 28.0. The van der Waals surface area contributed by atoms with Gasteiger partial charge in [-0.15, -0.1) is 0 Å². The molecule has 0 aromatic carbocycles. The lowest BCUT2D eigenvalue weighted by atomic mass is 10.1. The van der Waals surface area contributed by atoms with Crippen LogP contribution in [0, 0.1) is 0 Å². The van der Waals surface area contributed by atoms with Gasteiger partial charge in [-0.2, -0.15) is 0 Å². The minimum absolute atomic E-state index is 0.0603. The Kier molecular flexibility index (Phi) is 13.3. The van der Waals surface area contributed by atoms with Crippen molar-refractivity contribution >= 4 is 35.6 Å². The number of aromatic nitrogens is 2. The lowest BCUT2D eigenvalue weighted by molar-refractivity contribution is -0.143. The molecule has 1 aromatic heterocycles. The molecule has 0 aliphatic carbocycles. The number of nitrogens with one attached hydrogen (secondary N) is 4. The first-order chi connectivity index (χ1) is 17.4. The number of nitrogens with zero attached hydrogens (tertiary/aromatic N) is 1. The second-order valence-corrected chi connectivity index (χ2v) is 8.30. The number of hydrogen-bond acceptors (Lipinski definition) is 9. The zero-order valence-corrected chi connectivity index (χ0v) is 20.1. The Morgan fingerprint density at radius 2 is 1.54 bits per heavy atom. The largest absolute Gasteiger partial charge is 0.481 e. The summed E-state index contributed by atoms with van der Waals surface area (Å²) >= 11 is 0. The van der Waals surface area contributed by atoms with Crippen molar-refractivity contribution in [3.05, 3.63) is 18.2 Å². The van der Waals surface area contributed by atoms with E-state index in [0.29, 0.717) is 25.1 Å². The summed E-state index contributed by atoms with van der Waals surface area (Å²) in [5, 5.41) is 25.6. The van der Waals surface area contributed by atoms with E-state index in [2.05, 4.69) is 25.9 Å². The van der Waals surface area contributed by atoms with Crippen LogP contribution in [-0.2, 0) is 35.2 Å².